The summed E-state index contributed by atoms with van der Waals surface area (Å²) in [5.74, 6) is 0.264. The van der Waals surface area contributed by atoms with E-state index in [-0.39, 0.29) is 18.5 Å². The molecule has 8 heteroatoms. The molecule has 1 aliphatic carbocycles. The molecule has 8 nitrogen and oxygen atoms in total. The number of nitrogen functional groups attached to an aromatic ring is 1. The first kappa shape index (κ1) is 28.0. The van der Waals surface area contributed by atoms with Gasteiger partial charge in [0, 0.05) is 35.4 Å². The standard InChI is InChI=1S/C36H36N6O2/c1-24-18-33-38-21-30-20-32(27-7-3-2-4-8-27)34(39-35(30)42(33)40-24)28-12-10-25(11-13-28)22-41-16-14-29(15-17-41)36(43)44-23-26-6-5-9-31(37)19-26/h2-10,12-13,18-21,25,29H,11,14-17,22-23,37H2,1H3. The van der Waals surface area contributed by atoms with E-state index in [4.69, 9.17) is 15.5 Å². The van der Waals surface area contributed by atoms with Crippen molar-refractivity contribution >= 4 is 33.9 Å². The van der Waals surface area contributed by atoms with Gasteiger partial charge < -0.3 is 15.4 Å². The zero-order valence-electron chi connectivity index (χ0n) is 24.9. The van der Waals surface area contributed by atoms with Gasteiger partial charge in [-0.3, -0.25) is 4.79 Å². The van der Waals surface area contributed by atoms with Gasteiger partial charge in [-0.25, -0.2) is 9.97 Å². The number of hydrogen-bond acceptors (Lipinski definition) is 7. The number of pyridine rings is 1. The Labute approximate surface area is 256 Å². The fourth-order valence-corrected chi connectivity index (χ4v) is 6.32. The molecule has 44 heavy (non-hydrogen) atoms. The lowest BCUT2D eigenvalue weighted by Crippen LogP contribution is -2.39. The number of nitrogens with two attached hydrogens (primary N) is 1. The van der Waals surface area contributed by atoms with Gasteiger partial charge in [0.1, 0.15) is 6.61 Å². The van der Waals surface area contributed by atoms with Gasteiger partial charge in [0.2, 0.25) is 0 Å². The van der Waals surface area contributed by atoms with Crippen molar-refractivity contribution in [3.8, 4) is 11.1 Å². The van der Waals surface area contributed by atoms with Crippen molar-refractivity contribution in [1.29, 1.82) is 0 Å². The van der Waals surface area contributed by atoms with Crippen molar-refractivity contribution in [2.24, 2.45) is 11.8 Å². The molecule has 1 unspecified atom stereocenters. The highest BCUT2D eigenvalue weighted by Gasteiger charge is 2.27. The lowest BCUT2D eigenvalue weighted by atomic mass is 9.90. The normalized spacial score (nSPS) is 17.7. The van der Waals surface area contributed by atoms with Gasteiger partial charge in [-0.1, -0.05) is 60.7 Å². The quantitative estimate of drug-likeness (QED) is 0.178. The minimum absolute atomic E-state index is 0.0451. The third-order valence-corrected chi connectivity index (χ3v) is 8.67. The second kappa shape index (κ2) is 12.1. The minimum Gasteiger partial charge on any atom is -0.461 e. The van der Waals surface area contributed by atoms with Crippen LogP contribution in [-0.2, 0) is 16.1 Å². The van der Waals surface area contributed by atoms with E-state index in [1.54, 1.807) is 0 Å². The third kappa shape index (κ3) is 5.85. The lowest BCUT2D eigenvalue weighted by molar-refractivity contribution is -0.151. The maximum Gasteiger partial charge on any atom is 0.309 e. The molecule has 222 valence electrons. The van der Waals surface area contributed by atoms with Crippen LogP contribution in [-0.4, -0.2) is 50.1 Å². The van der Waals surface area contributed by atoms with Gasteiger partial charge in [-0.2, -0.15) is 9.61 Å². The number of ether oxygens (including phenoxy) is 1. The molecule has 0 radical (unpaired) electrons. The second-order valence-corrected chi connectivity index (χ2v) is 11.9. The van der Waals surface area contributed by atoms with Gasteiger partial charge in [0.05, 0.1) is 17.3 Å². The topological polar surface area (TPSA) is 98.6 Å². The summed E-state index contributed by atoms with van der Waals surface area (Å²) in [4.78, 5) is 25.0. The zero-order chi connectivity index (χ0) is 30.0. The molecule has 2 aliphatic rings. The lowest BCUT2D eigenvalue weighted by Gasteiger charge is -2.33. The molecular formula is C36H36N6O2. The number of carbonyl (C=O) groups is 1. The predicted molar refractivity (Wildman–Crippen MR) is 173 cm³/mol. The highest BCUT2D eigenvalue weighted by atomic mass is 16.5. The van der Waals surface area contributed by atoms with Gasteiger partial charge >= 0.3 is 5.97 Å². The largest absolute Gasteiger partial charge is 0.461 e. The van der Waals surface area contributed by atoms with Crippen LogP contribution >= 0.6 is 0 Å². The number of nitrogens with zero attached hydrogens (tertiary/aromatic N) is 5. The molecule has 0 amide bonds. The van der Waals surface area contributed by atoms with Crippen molar-refractivity contribution in [2.75, 3.05) is 25.4 Å². The Balaban J connectivity index is 1.02. The summed E-state index contributed by atoms with van der Waals surface area (Å²) in [7, 11) is 0. The van der Waals surface area contributed by atoms with Crippen LogP contribution in [0.25, 0.3) is 33.4 Å². The molecule has 1 aliphatic heterocycles. The molecule has 1 saturated heterocycles. The molecular weight excluding hydrogens is 548 g/mol. The molecule has 2 aromatic carbocycles. The summed E-state index contributed by atoms with van der Waals surface area (Å²) in [5, 5.41) is 5.62. The first-order chi connectivity index (χ1) is 21.5. The number of piperidine rings is 1. The summed E-state index contributed by atoms with van der Waals surface area (Å²) in [6, 6.07) is 22.1. The first-order valence-electron chi connectivity index (χ1n) is 15.3. The van der Waals surface area contributed by atoms with E-state index in [1.807, 2.05) is 54.0 Å². The molecule has 7 rings (SSSR count). The average molecular weight is 585 g/mol. The van der Waals surface area contributed by atoms with E-state index in [2.05, 4.69) is 63.5 Å². The van der Waals surface area contributed by atoms with Gasteiger partial charge in [0.25, 0.3) is 0 Å². The van der Waals surface area contributed by atoms with E-state index in [1.165, 1.54) is 0 Å². The Morgan fingerprint density at radius 1 is 1.05 bits per heavy atom. The maximum absolute atomic E-state index is 12.7. The second-order valence-electron chi connectivity index (χ2n) is 11.9. The molecule has 3 aromatic heterocycles. The smallest absolute Gasteiger partial charge is 0.309 e. The van der Waals surface area contributed by atoms with E-state index < -0.39 is 0 Å². The van der Waals surface area contributed by atoms with Gasteiger partial charge in [-0.15, -0.1) is 0 Å². The molecule has 0 bridgehead atoms. The number of allylic oxidation sites excluding steroid dienone is 3. The van der Waals surface area contributed by atoms with Crippen molar-refractivity contribution in [2.45, 2.75) is 32.8 Å². The van der Waals surface area contributed by atoms with Crippen LogP contribution in [0.4, 0.5) is 5.69 Å². The van der Waals surface area contributed by atoms with Crippen LogP contribution in [0.2, 0.25) is 0 Å². The SMILES string of the molecule is Cc1cc2ncc3cc(-c4ccccc4)c(C4=CCC(CN5CCC(C(=O)OCc6cccc(N)c6)CC5)C=C4)nc3n2n1. The number of likely N-dealkylation sites (tertiary alicyclic amines) is 1. The summed E-state index contributed by atoms with van der Waals surface area (Å²) in [6.07, 6.45) is 11.3. The number of anilines is 1. The van der Waals surface area contributed by atoms with Crippen LogP contribution < -0.4 is 5.73 Å². The Bertz CT molecular complexity index is 1890. The van der Waals surface area contributed by atoms with Crippen molar-refractivity contribution < 1.29 is 9.53 Å². The van der Waals surface area contributed by atoms with Crippen molar-refractivity contribution in [3.63, 3.8) is 0 Å². The molecule has 0 saturated carbocycles. The van der Waals surface area contributed by atoms with E-state index in [0.717, 1.165) is 89.2 Å². The highest BCUT2D eigenvalue weighted by Crippen LogP contribution is 2.34. The van der Waals surface area contributed by atoms with Crippen molar-refractivity contribution in [1.82, 2.24) is 24.5 Å². The summed E-state index contributed by atoms with van der Waals surface area (Å²) in [5.41, 5.74) is 14.3. The number of esters is 1. The highest BCUT2D eigenvalue weighted by molar-refractivity contribution is 5.91. The summed E-state index contributed by atoms with van der Waals surface area (Å²) < 4.78 is 7.45. The van der Waals surface area contributed by atoms with Gasteiger partial charge in [0.15, 0.2) is 11.3 Å². The number of aromatic nitrogens is 4. The fraction of sp³-hybridized carbons (Fsp3) is 0.278. The molecule has 1 fully saturated rings. The number of aryl methyl sites for hydroxylation is 1. The number of fused-ring (bicyclic) bond motifs is 3. The Morgan fingerprint density at radius 3 is 2.66 bits per heavy atom. The number of benzene rings is 2. The molecule has 4 heterocycles. The molecule has 5 aromatic rings. The monoisotopic (exact) mass is 584 g/mol. The fourth-order valence-electron chi connectivity index (χ4n) is 6.32. The molecule has 1 atom stereocenters. The van der Waals surface area contributed by atoms with Crippen LogP contribution in [0.3, 0.4) is 0 Å². The minimum atomic E-state index is -0.104. The Hall–Kier alpha value is -4.82. The van der Waals surface area contributed by atoms with Crippen LogP contribution in [0.15, 0.2) is 91.2 Å². The molecule has 0 spiro atoms. The average Bonchev–Trinajstić information content (AvgIpc) is 3.45. The number of hydrogen-bond donors (Lipinski definition) is 1. The number of rotatable bonds is 7. The Morgan fingerprint density at radius 2 is 1.89 bits per heavy atom. The van der Waals surface area contributed by atoms with Crippen molar-refractivity contribution in [3.05, 3.63) is 108 Å². The first-order valence-corrected chi connectivity index (χ1v) is 15.3. The number of carbonyl (C=O) groups excluding carboxylic acids is 1. The van der Waals surface area contributed by atoms with Crippen LogP contribution in [0.5, 0.6) is 0 Å². The maximum atomic E-state index is 12.7. The summed E-state index contributed by atoms with van der Waals surface area (Å²) >= 11 is 0. The van der Waals surface area contributed by atoms with Crippen LogP contribution in [0, 0.1) is 18.8 Å². The third-order valence-electron chi connectivity index (χ3n) is 8.67. The van der Waals surface area contributed by atoms with Crippen LogP contribution in [0.1, 0.15) is 36.2 Å². The predicted octanol–water partition coefficient (Wildman–Crippen LogP) is 6.25. The zero-order valence-corrected chi connectivity index (χ0v) is 24.9. The van der Waals surface area contributed by atoms with Gasteiger partial charge in [-0.05, 0) is 80.1 Å². The van der Waals surface area contributed by atoms with E-state index >= 15 is 0 Å². The summed E-state index contributed by atoms with van der Waals surface area (Å²) in [6.45, 7) is 5.02. The Kier molecular flexibility index (Phi) is 7.66. The van der Waals surface area contributed by atoms with E-state index in [9.17, 15) is 4.79 Å². The molecule has 2 N–H and O–H groups in total. The van der Waals surface area contributed by atoms with E-state index in [0.29, 0.717) is 11.6 Å².